The van der Waals surface area contributed by atoms with E-state index in [2.05, 4.69) is 20.6 Å². The zero-order valence-electron chi connectivity index (χ0n) is 11.0. The van der Waals surface area contributed by atoms with Crippen LogP contribution < -0.4 is 10.6 Å². The van der Waals surface area contributed by atoms with E-state index >= 15 is 0 Å². The molecule has 5 nitrogen and oxygen atoms in total. The van der Waals surface area contributed by atoms with Crippen LogP contribution in [0.25, 0.3) is 0 Å². The van der Waals surface area contributed by atoms with Crippen LogP contribution in [0.3, 0.4) is 0 Å². The van der Waals surface area contributed by atoms with E-state index in [-0.39, 0.29) is 24.0 Å². The Morgan fingerprint density at radius 1 is 1.50 bits per heavy atom. The Morgan fingerprint density at radius 3 is 2.83 bits per heavy atom. The first kappa shape index (κ1) is 17.6. The summed E-state index contributed by atoms with van der Waals surface area (Å²) >= 11 is 1.68. The number of rotatable bonds is 6. The van der Waals surface area contributed by atoms with E-state index in [4.69, 9.17) is 4.74 Å². The molecule has 7 heteroatoms. The summed E-state index contributed by atoms with van der Waals surface area (Å²) in [5, 5.41) is 7.40. The lowest BCUT2D eigenvalue weighted by Gasteiger charge is -2.10. The van der Waals surface area contributed by atoms with Crippen LogP contribution in [0.4, 0.5) is 0 Å². The fourth-order valence-corrected chi connectivity index (χ4v) is 1.95. The number of nitrogens with one attached hydrogen (secondary N) is 2. The zero-order chi connectivity index (χ0) is 12.5. The van der Waals surface area contributed by atoms with Gasteiger partial charge in [-0.25, -0.2) is 9.98 Å². The molecule has 1 aromatic rings. The minimum absolute atomic E-state index is 0. The molecule has 0 atom stereocenters. The third-order valence-electron chi connectivity index (χ3n) is 1.98. The van der Waals surface area contributed by atoms with Gasteiger partial charge in [0.15, 0.2) is 5.96 Å². The van der Waals surface area contributed by atoms with Crippen LogP contribution in [0.5, 0.6) is 0 Å². The lowest BCUT2D eigenvalue weighted by molar-refractivity contribution is 0.203. The fourth-order valence-electron chi connectivity index (χ4n) is 1.23. The second-order valence-corrected chi connectivity index (χ2v) is 4.80. The van der Waals surface area contributed by atoms with Gasteiger partial charge in [-0.2, -0.15) is 0 Å². The molecule has 18 heavy (non-hydrogen) atoms. The first-order valence-electron chi connectivity index (χ1n) is 5.68. The molecule has 0 amide bonds. The van der Waals surface area contributed by atoms with Gasteiger partial charge in [0.05, 0.1) is 13.2 Å². The molecular formula is C11H21IN4OS. The van der Waals surface area contributed by atoms with Gasteiger partial charge >= 0.3 is 0 Å². The number of ether oxygens (including phenoxy) is 1. The lowest BCUT2D eigenvalue weighted by atomic mass is 10.6. The average molecular weight is 384 g/mol. The Balaban J connectivity index is 0.00000289. The number of aromatic nitrogens is 1. The highest BCUT2D eigenvalue weighted by atomic mass is 127. The van der Waals surface area contributed by atoms with Gasteiger partial charge in [-0.1, -0.05) is 0 Å². The molecule has 0 unspecified atom stereocenters. The Kier molecular flexibility index (Phi) is 10.3. The van der Waals surface area contributed by atoms with Gasteiger partial charge in [0, 0.05) is 31.3 Å². The van der Waals surface area contributed by atoms with E-state index in [1.54, 1.807) is 18.4 Å². The standard InChI is InChI=1S/C11H20N4OS.HI/c1-4-12-11(13-5-6-16-3)15-8-10-14-7-9(2)17-10;/h7H,4-6,8H2,1-3H3,(H2,12,13,15);1H. The molecule has 0 saturated carbocycles. The van der Waals surface area contributed by atoms with E-state index in [1.807, 2.05) is 20.0 Å². The Morgan fingerprint density at radius 2 is 2.28 bits per heavy atom. The van der Waals surface area contributed by atoms with Crippen LogP contribution in [-0.2, 0) is 11.3 Å². The third-order valence-corrected chi connectivity index (χ3v) is 2.88. The van der Waals surface area contributed by atoms with Gasteiger partial charge in [0.1, 0.15) is 5.01 Å². The largest absolute Gasteiger partial charge is 0.383 e. The molecule has 0 aliphatic rings. The van der Waals surface area contributed by atoms with E-state index in [9.17, 15) is 0 Å². The van der Waals surface area contributed by atoms with E-state index in [1.165, 1.54) is 4.88 Å². The zero-order valence-corrected chi connectivity index (χ0v) is 14.2. The minimum atomic E-state index is 0. The smallest absolute Gasteiger partial charge is 0.191 e. The molecule has 1 heterocycles. The predicted octanol–water partition coefficient (Wildman–Crippen LogP) is 1.77. The van der Waals surface area contributed by atoms with Gasteiger partial charge in [-0.15, -0.1) is 35.3 Å². The number of aryl methyl sites for hydroxylation is 1. The molecule has 1 rings (SSSR count). The summed E-state index contributed by atoms with van der Waals surface area (Å²) < 4.78 is 4.98. The number of halogens is 1. The van der Waals surface area contributed by atoms with Crippen molar-refractivity contribution in [3.63, 3.8) is 0 Å². The van der Waals surface area contributed by atoms with Crippen LogP contribution in [0.2, 0.25) is 0 Å². The molecule has 0 fully saturated rings. The molecule has 1 aromatic heterocycles. The van der Waals surface area contributed by atoms with Gasteiger partial charge in [-0.3, -0.25) is 0 Å². The first-order valence-corrected chi connectivity index (χ1v) is 6.50. The van der Waals surface area contributed by atoms with Crippen molar-refractivity contribution in [3.05, 3.63) is 16.1 Å². The number of aliphatic imine (C=N–C) groups is 1. The summed E-state index contributed by atoms with van der Waals surface area (Å²) in [4.78, 5) is 9.95. The molecule has 0 aliphatic carbocycles. The second kappa shape index (κ2) is 10.5. The molecule has 0 spiro atoms. The maximum absolute atomic E-state index is 4.98. The topological polar surface area (TPSA) is 58.5 Å². The van der Waals surface area contributed by atoms with Crippen molar-refractivity contribution in [1.82, 2.24) is 15.6 Å². The van der Waals surface area contributed by atoms with Crippen LogP contribution in [0.15, 0.2) is 11.2 Å². The Bertz CT molecular complexity index is 357. The highest BCUT2D eigenvalue weighted by Gasteiger charge is 1.99. The van der Waals surface area contributed by atoms with Crippen molar-refractivity contribution in [1.29, 1.82) is 0 Å². The molecule has 0 saturated heterocycles. The van der Waals surface area contributed by atoms with Gasteiger partial charge in [0.25, 0.3) is 0 Å². The summed E-state index contributed by atoms with van der Waals surface area (Å²) in [6, 6.07) is 0. The number of hydrogen-bond donors (Lipinski definition) is 2. The van der Waals surface area contributed by atoms with Crippen molar-refractivity contribution in [2.45, 2.75) is 20.4 Å². The van der Waals surface area contributed by atoms with Crippen LogP contribution in [-0.4, -0.2) is 37.7 Å². The Labute approximate surface area is 129 Å². The highest BCUT2D eigenvalue weighted by molar-refractivity contribution is 14.0. The summed E-state index contributed by atoms with van der Waals surface area (Å²) in [5.41, 5.74) is 0. The predicted molar refractivity (Wildman–Crippen MR) is 87.0 cm³/mol. The van der Waals surface area contributed by atoms with E-state index < -0.39 is 0 Å². The van der Waals surface area contributed by atoms with Crippen molar-refractivity contribution in [2.24, 2.45) is 4.99 Å². The third kappa shape index (κ3) is 7.12. The molecular weight excluding hydrogens is 363 g/mol. The van der Waals surface area contributed by atoms with Crippen molar-refractivity contribution < 1.29 is 4.74 Å². The summed E-state index contributed by atoms with van der Waals surface area (Å²) in [6.07, 6.45) is 1.88. The monoisotopic (exact) mass is 384 g/mol. The number of hydrogen-bond acceptors (Lipinski definition) is 4. The van der Waals surface area contributed by atoms with Gasteiger partial charge < -0.3 is 15.4 Å². The molecule has 0 bridgehead atoms. The van der Waals surface area contributed by atoms with E-state index in [0.29, 0.717) is 13.2 Å². The van der Waals surface area contributed by atoms with Crippen molar-refractivity contribution in [3.8, 4) is 0 Å². The van der Waals surface area contributed by atoms with Crippen LogP contribution >= 0.6 is 35.3 Å². The van der Waals surface area contributed by atoms with Crippen LogP contribution in [0.1, 0.15) is 16.8 Å². The average Bonchev–Trinajstić information content (AvgIpc) is 2.72. The normalized spacial score (nSPS) is 10.9. The number of nitrogens with zero attached hydrogens (tertiary/aromatic N) is 2. The number of guanidine groups is 1. The molecule has 0 radical (unpaired) electrons. The van der Waals surface area contributed by atoms with Gasteiger partial charge in [-0.05, 0) is 13.8 Å². The summed E-state index contributed by atoms with van der Waals surface area (Å²) in [6.45, 7) is 6.96. The molecule has 2 N–H and O–H groups in total. The minimum Gasteiger partial charge on any atom is -0.383 e. The number of methoxy groups -OCH3 is 1. The molecule has 0 aromatic carbocycles. The molecule has 0 aliphatic heterocycles. The van der Waals surface area contributed by atoms with Crippen molar-refractivity contribution in [2.75, 3.05) is 26.8 Å². The Hall–Kier alpha value is -0.410. The van der Waals surface area contributed by atoms with Crippen LogP contribution in [0, 0.1) is 6.92 Å². The number of thiazole rings is 1. The highest BCUT2D eigenvalue weighted by Crippen LogP contribution is 2.11. The van der Waals surface area contributed by atoms with E-state index in [0.717, 1.165) is 24.1 Å². The summed E-state index contributed by atoms with van der Waals surface area (Å²) in [5.74, 6) is 0.803. The van der Waals surface area contributed by atoms with Crippen molar-refractivity contribution >= 4 is 41.3 Å². The lowest BCUT2D eigenvalue weighted by Crippen LogP contribution is -2.38. The maximum atomic E-state index is 4.98. The second-order valence-electron chi connectivity index (χ2n) is 3.48. The fraction of sp³-hybridized carbons (Fsp3) is 0.636. The maximum Gasteiger partial charge on any atom is 0.191 e. The molecule has 104 valence electrons. The first-order chi connectivity index (χ1) is 8.26. The SMILES string of the molecule is CCNC(=NCc1ncc(C)s1)NCCOC.I. The van der Waals surface area contributed by atoms with Gasteiger partial charge in [0.2, 0.25) is 0 Å². The quantitative estimate of drug-likeness (QED) is 0.340. The summed E-state index contributed by atoms with van der Waals surface area (Å²) in [7, 11) is 1.68.